The predicted octanol–water partition coefficient (Wildman–Crippen LogP) is 4.56. The first-order valence-corrected chi connectivity index (χ1v) is 10.0. The van der Waals surface area contributed by atoms with Gasteiger partial charge < -0.3 is 5.32 Å². The topological polar surface area (TPSA) is 41.1 Å². The zero-order valence-corrected chi connectivity index (χ0v) is 16.0. The van der Waals surface area contributed by atoms with E-state index in [1.807, 2.05) is 36.4 Å². The SMILES string of the molecule is O=C(CNC(c1ccccc1)c1ccccc1)NC1CCCc2ccccc21. The van der Waals surface area contributed by atoms with Crippen molar-refractivity contribution in [3.63, 3.8) is 0 Å². The van der Waals surface area contributed by atoms with Crippen molar-refractivity contribution >= 4 is 5.91 Å². The quantitative estimate of drug-likeness (QED) is 0.668. The van der Waals surface area contributed by atoms with E-state index < -0.39 is 0 Å². The summed E-state index contributed by atoms with van der Waals surface area (Å²) in [6.07, 6.45) is 3.22. The van der Waals surface area contributed by atoms with Gasteiger partial charge in [-0.25, -0.2) is 0 Å². The predicted molar refractivity (Wildman–Crippen MR) is 113 cm³/mol. The number of hydrogen-bond donors (Lipinski definition) is 2. The summed E-state index contributed by atoms with van der Waals surface area (Å²) in [6, 6.07) is 29.1. The van der Waals surface area contributed by atoms with E-state index in [1.165, 1.54) is 11.1 Å². The fourth-order valence-corrected chi connectivity index (χ4v) is 4.06. The van der Waals surface area contributed by atoms with Crippen molar-refractivity contribution in [3.05, 3.63) is 107 Å². The molecule has 1 aliphatic carbocycles. The summed E-state index contributed by atoms with van der Waals surface area (Å²) in [6.45, 7) is 0.285. The molecule has 142 valence electrons. The minimum atomic E-state index is -0.00760. The molecule has 0 aromatic heterocycles. The Labute approximate surface area is 166 Å². The van der Waals surface area contributed by atoms with Gasteiger partial charge >= 0.3 is 0 Å². The highest BCUT2D eigenvalue weighted by molar-refractivity contribution is 5.78. The summed E-state index contributed by atoms with van der Waals surface area (Å²) in [5.74, 6) is 0.0403. The van der Waals surface area contributed by atoms with E-state index in [-0.39, 0.29) is 24.5 Å². The van der Waals surface area contributed by atoms with Crippen molar-refractivity contribution in [2.45, 2.75) is 31.3 Å². The maximum absolute atomic E-state index is 12.7. The Morgan fingerprint density at radius 1 is 0.857 bits per heavy atom. The first-order chi connectivity index (χ1) is 13.8. The van der Waals surface area contributed by atoms with Crippen molar-refractivity contribution in [1.29, 1.82) is 0 Å². The number of carbonyl (C=O) groups excluding carboxylic acids is 1. The molecule has 0 spiro atoms. The number of benzene rings is 3. The summed E-state index contributed by atoms with van der Waals surface area (Å²) < 4.78 is 0. The maximum Gasteiger partial charge on any atom is 0.234 e. The minimum Gasteiger partial charge on any atom is -0.348 e. The summed E-state index contributed by atoms with van der Waals surface area (Å²) in [7, 11) is 0. The van der Waals surface area contributed by atoms with Gasteiger partial charge in [0.25, 0.3) is 0 Å². The number of amides is 1. The molecule has 3 nitrogen and oxygen atoms in total. The van der Waals surface area contributed by atoms with E-state index in [0.29, 0.717) is 0 Å². The lowest BCUT2D eigenvalue weighted by Crippen LogP contribution is -2.39. The molecule has 0 heterocycles. The van der Waals surface area contributed by atoms with Gasteiger partial charge in [-0.05, 0) is 41.5 Å². The summed E-state index contributed by atoms with van der Waals surface area (Å²) in [5, 5.41) is 6.69. The van der Waals surface area contributed by atoms with Gasteiger partial charge in [-0.15, -0.1) is 0 Å². The monoisotopic (exact) mass is 370 g/mol. The molecule has 3 aromatic carbocycles. The minimum absolute atomic E-state index is 0.00760. The van der Waals surface area contributed by atoms with E-state index in [0.717, 1.165) is 30.4 Å². The van der Waals surface area contributed by atoms with Crippen LogP contribution in [0.15, 0.2) is 84.9 Å². The van der Waals surface area contributed by atoms with Crippen LogP contribution >= 0.6 is 0 Å². The van der Waals surface area contributed by atoms with Gasteiger partial charge in [-0.2, -0.15) is 0 Å². The molecule has 3 aromatic rings. The van der Waals surface area contributed by atoms with Crippen molar-refractivity contribution < 1.29 is 4.79 Å². The van der Waals surface area contributed by atoms with E-state index in [1.54, 1.807) is 0 Å². The lowest BCUT2D eigenvalue weighted by molar-refractivity contribution is -0.121. The number of fused-ring (bicyclic) bond motifs is 1. The third kappa shape index (κ3) is 4.32. The van der Waals surface area contributed by atoms with Gasteiger partial charge in [0.2, 0.25) is 5.91 Å². The normalized spacial score (nSPS) is 15.8. The van der Waals surface area contributed by atoms with E-state index >= 15 is 0 Å². The zero-order chi connectivity index (χ0) is 19.2. The molecule has 1 aliphatic rings. The molecule has 1 atom stereocenters. The van der Waals surface area contributed by atoms with E-state index in [4.69, 9.17) is 0 Å². The van der Waals surface area contributed by atoms with Gasteiger partial charge in [0.1, 0.15) is 0 Å². The Morgan fingerprint density at radius 2 is 1.46 bits per heavy atom. The van der Waals surface area contributed by atoms with Crippen LogP contribution in [-0.2, 0) is 11.2 Å². The van der Waals surface area contributed by atoms with Crippen LogP contribution < -0.4 is 10.6 Å². The van der Waals surface area contributed by atoms with Gasteiger partial charge in [-0.3, -0.25) is 10.1 Å². The van der Waals surface area contributed by atoms with Crippen LogP contribution in [-0.4, -0.2) is 12.5 Å². The van der Waals surface area contributed by atoms with Crippen LogP contribution in [0.4, 0.5) is 0 Å². The molecule has 28 heavy (non-hydrogen) atoms. The number of aryl methyl sites for hydroxylation is 1. The summed E-state index contributed by atoms with van der Waals surface area (Å²) in [4.78, 5) is 12.7. The van der Waals surface area contributed by atoms with Crippen molar-refractivity contribution in [2.24, 2.45) is 0 Å². The number of rotatable bonds is 6. The Kier molecular flexibility index (Phi) is 5.83. The van der Waals surface area contributed by atoms with Crippen LogP contribution in [0.25, 0.3) is 0 Å². The molecule has 1 unspecified atom stereocenters. The van der Waals surface area contributed by atoms with Crippen LogP contribution in [0.5, 0.6) is 0 Å². The summed E-state index contributed by atoms with van der Waals surface area (Å²) >= 11 is 0. The van der Waals surface area contributed by atoms with Gasteiger partial charge in [0.15, 0.2) is 0 Å². The van der Waals surface area contributed by atoms with Crippen LogP contribution in [0.1, 0.15) is 47.2 Å². The molecule has 3 heteroatoms. The number of hydrogen-bond acceptors (Lipinski definition) is 2. The number of nitrogens with one attached hydrogen (secondary N) is 2. The maximum atomic E-state index is 12.7. The average Bonchev–Trinajstić information content (AvgIpc) is 2.76. The molecular weight excluding hydrogens is 344 g/mol. The molecule has 0 saturated heterocycles. The van der Waals surface area contributed by atoms with Crippen molar-refractivity contribution in [2.75, 3.05) is 6.54 Å². The lowest BCUT2D eigenvalue weighted by atomic mass is 9.88. The van der Waals surface area contributed by atoms with E-state index in [2.05, 4.69) is 59.2 Å². The standard InChI is InChI=1S/C25H26N2O/c28-24(27-23-17-9-15-19-10-7-8-16-22(19)23)18-26-25(20-11-3-1-4-12-20)21-13-5-2-6-14-21/h1-8,10-14,16,23,25-26H,9,15,17-18H2,(H,27,28). The van der Waals surface area contributed by atoms with E-state index in [9.17, 15) is 4.79 Å². The molecule has 2 N–H and O–H groups in total. The molecular formula is C25H26N2O. The highest BCUT2D eigenvalue weighted by atomic mass is 16.2. The molecule has 4 rings (SSSR count). The molecule has 0 aliphatic heterocycles. The number of carbonyl (C=O) groups is 1. The Morgan fingerprint density at radius 3 is 2.14 bits per heavy atom. The van der Waals surface area contributed by atoms with Crippen molar-refractivity contribution in [1.82, 2.24) is 10.6 Å². The Balaban J connectivity index is 1.44. The Hall–Kier alpha value is -2.91. The van der Waals surface area contributed by atoms with Crippen LogP contribution in [0.2, 0.25) is 0 Å². The second kappa shape index (κ2) is 8.85. The molecule has 0 fully saturated rings. The molecule has 0 bridgehead atoms. The average molecular weight is 370 g/mol. The fraction of sp³-hybridized carbons (Fsp3) is 0.240. The second-order valence-electron chi connectivity index (χ2n) is 7.35. The Bertz CT molecular complexity index is 869. The third-order valence-electron chi connectivity index (χ3n) is 5.44. The first kappa shape index (κ1) is 18.5. The largest absolute Gasteiger partial charge is 0.348 e. The third-order valence-corrected chi connectivity index (χ3v) is 5.44. The smallest absolute Gasteiger partial charge is 0.234 e. The highest BCUT2D eigenvalue weighted by Gasteiger charge is 2.22. The lowest BCUT2D eigenvalue weighted by Gasteiger charge is -2.27. The second-order valence-corrected chi connectivity index (χ2v) is 7.35. The van der Waals surface area contributed by atoms with Gasteiger partial charge in [0, 0.05) is 0 Å². The van der Waals surface area contributed by atoms with Gasteiger partial charge in [-0.1, -0.05) is 84.9 Å². The van der Waals surface area contributed by atoms with Crippen LogP contribution in [0.3, 0.4) is 0 Å². The molecule has 0 radical (unpaired) electrons. The highest BCUT2D eigenvalue weighted by Crippen LogP contribution is 2.29. The first-order valence-electron chi connectivity index (χ1n) is 10.0. The van der Waals surface area contributed by atoms with Gasteiger partial charge in [0.05, 0.1) is 18.6 Å². The summed E-state index contributed by atoms with van der Waals surface area (Å²) in [5.41, 5.74) is 4.94. The molecule has 1 amide bonds. The van der Waals surface area contributed by atoms with Crippen LogP contribution in [0, 0.1) is 0 Å². The molecule has 0 saturated carbocycles. The zero-order valence-electron chi connectivity index (χ0n) is 16.0. The van der Waals surface area contributed by atoms with Crippen molar-refractivity contribution in [3.8, 4) is 0 Å². The fourth-order valence-electron chi connectivity index (χ4n) is 4.06.